The van der Waals surface area contributed by atoms with E-state index in [2.05, 4.69) is 12.2 Å². The van der Waals surface area contributed by atoms with Crippen molar-refractivity contribution in [2.24, 2.45) is 23.7 Å². The van der Waals surface area contributed by atoms with E-state index in [-0.39, 0.29) is 37.0 Å². The number of fused-ring (bicyclic) bond motifs is 2. The van der Waals surface area contributed by atoms with Gasteiger partial charge in [-0.3, -0.25) is 9.59 Å². The van der Waals surface area contributed by atoms with Crippen LogP contribution >= 0.6 is 0 Å². The predicted molar refractivity (Wildman–Crippen MR) is 132 cm³/mol. The van der Waals surface area contributed by atoms with Gasteiger partial charge in [0, 0.05) is 31.1 Å². The summed E-state index contributed by atoms with van der Waals surface area (Å²) >= 11 is 0. The summed E-state index contributed by atoms with van der Waals surface area (Å²) in [6.45, 7) is 6.05. The molecule has 208 valence electrons. The third-order valence-electron chi connectivity index (χ3n) is 8.82. The number of carboxylic acids is 1. The number of ether oxygens (including phenoxy) is 3. The van der Waals surface area contributed by atoms with E-state index < -0.39 is 47.9 Å². The van der Waals surface area contributed by atoms with Gasteiger partial charge < -0.3 is 24.6 Å². The Morgan fingerprint density at radius 3 is 2.58 bits per heavy atom. The molecule has 0 aromatic heterocycles. The highest BCUT2D eigenvalue weighted by Gasteiger charge is 2.69. The molecule has 6 rings (SSSR count). The minimum atomic E-state index is -1.14. The van der Waals surface area contributed by atoms with Crippen molar-refractivity contribution < 1.29 is 43.5 Å². The molecule has 1 amide bonds. The molecule has 1 aromatic rings. The maximum absolute atomic E-state index is 12.8. The van der Waals surface area contributed by atoms with Crippen molar-refractivity contribution in [2.45, 2.75) is 95.7 Å². The van der Waals surface area contributed by atoms with E-state index in [1.54, 1.807) is 24.3 Å². The highest BCUT2D eigenvalue weighted by atomic mass is 17.3. The lowest BCUT2D eigenvalue weighted by Crippen LogP contribution is -2.70. The Bertz CT molecular complexity index is 1050. The predicted octanol–water partition coefficient (Wildman–Crippen LogP) is 3.33. The zero-order valence-corrected chi connectivity index (χ0v) is 22.1. The monoisotopic (exact) mass is 531 g/mol. The van der Waals surface area contributed by atoms with Crippen LogP contribution in [0.4, 0.5) is 0 Å². The Labute approximate surface area is 222 Å². The molecule has 9 atom stereocenters. The first kappa shape index (κ1) is 27.1. The van der Waals surface area contributed by atoms with Gasteiger partial charge in [-0.25, -0.2) is 14.6 Å². The first-order valence-corrected chi connectivity index (χ1v) is 13.6. The first-order chi connectivity index (χ1) is 18.1. The van der Waals surface area contributed by atoms with E-state index >= 15 is 0 Å². The number of hydrogen-bond acceptors (Lipinski definition) is 8. The molecule has 5 fully saturated rings. The molecule has 2 N–H and O–H groups in total. The Kier molecular flexibility index (Phi) is 7.52. The summed E-state index contributed by atoms with van der Waals surface area (Å²) in [5, 5.41) is 12.0. The fourth-order valence-electron chi connectivity index (χ4n) is 6.73. The molecular weight excluding hydrogens is 494 g/mol. The summed E-state index contributed by atoms with van der Waals surface area (Å²) in [4.78, 5) is 48.8. The number of rotatable bonds is 8. The van der Waals surface area contributed by atoms with Gasteiger partial charge in [-0.05, 0) is 43.6 Å². The van der Waals surface area contributed by atoms with Gasteiger partial charge in [0.1, 0.15) is 6.04 Å². The summed E-state index contributed by atoms with van der Waals surface area (Å²) in [5.41, 5.74) is 0.0401. The number of carbonyl (C=O) groups excluding carboxylic acids is 2. The van der Waals surface area contributed by atoms with Crippen LogP contribution in [0, 0.1) is 23.7 Å². The van der Waals surface area contributed by atoms with Crippen LogP contribution in [0.3, 0.4) is 0 Å². The SMILES string of the molecule is C[C@H]1[C@H](OC(=O)CCC(=O)N[C@@H](Cc2ccccc2)C(=O)O)O[C@@H]2O[C@@]3(C)CC[C@H]4[C@H](C)CC[C@@H]1[C@@]24OO3. The average Bonchev–Trinajstić information content (AvgIpc) is 3.12. The number of carbonyl (C=O) groups is 3. The lowest BCUT2D eigenvalue weighted by atomic mass is 9.58. The van der Waals surface area contributed by atoms with E-state index in [9.17, 15) is 19.5 Å². The smallest absolute Gasteiger partial charge is 0.326 e. The summed E-state index contributed by atoms with van der Waals surface area (Å²) in [6.07, 6.45) is 1.67. The topological polar surface area (TPSA) is 130 Å². The Balaban J connectivity index is 1.19. The average molecular weight is 532 g/mol. The molecule has 10 heteroatoms. The van der Waals surface area contributed by atoms with Crippen molar-refractivity contribution in [3.8, 4) is 0 Å². The molecule has 0 unspecified atom stereocenters. The van der Waals surface area contributed by atoms with Gasteiger partial charge >= 0.3 is 11.9 Å². The number of carboxylic acid groups (broad SMARTS) is 1. The van der Waals surface area contributed by atoms with Gasteiger partial charge in [-0.1, -0.05) is 44.2 Å². The zero-order valence-electron chi connectivity index (χ0n) is 22.1. The molecule has 5 aliphatic rings. The molecule has 1 saturated carbocycles. The van der Waals surface area contributed by atoms with Crippen molar-refractivity contribution in [2.75, 3.05) is 0 Å². The quantitative estimate of drug-likeness (QED) is 0.383. The Morgan fingerprint density at radius 1 is 1.08 bits per heavy atom. The largest absolute Gasteiger partial charge is 0.480 e. The standard InChI is InChI=1S/C28H37NO9/c1-16-9-10-20-17(2)25(35-26-28(20)19(16)13-14-27(3,36-26)37-38-28)34-23(31)12-11-22(30)29-21(24(32)33)15-18-7-5-4-6-8-18/h4-8,16-17,19-21,25-26H,9-15H2,1-3H3,(H,29,30)(H,32,33)/t16-,17-,19+,20+,21+,25-,26-,27-,28-/m1/s1. The van der Waals surface area contributed by atoms with Crippen LogP contribution in [-0.2, 0) is 44.8 Å². The number of benzene rings is 1. The van der Waals surface area contributed by atoms with Crippen LogP contribution in [0.2, 0.25) is 0 Å². The van der Waals surface area contributed by atoms with E-state index in [1.807, 2.05) is 19.9 Å². The van der Waals surface area contributed by atoms with Crippen LogP contribution < -0.4 is 5.32 Å². The summed E-state index contributed by atoms with van der Waals surface area (Å²) in [6, 6.07) is 7.95. The molecule has 4 heterocycles. The minimum Gasteiger partial charge on any atom is -0.480 e. The lowest BCUT2D eigenvalue weighted by molar-refractivity contribution is -0.576. The molecule has 0 radical (unpaired) electrons. The van der Waals surface area contributed by atoms with Crippen molar-refractivity contribution in [1.29, 1.82) is 0 Å². The second-order valence-corrected chi connectivity index (χ2v) is 11.4. The molecule has 4 aliphatic heterocycles. The van der Waals surface area contributed by atoms with Crippen LogP contribution in [-0.4, -0.2) is 53.0 Å². The molecule has 1 aliphatic carbocycles. The first-order valence-electron chi connectivity index (χ1n) is 13.6. The van der Waals surface area contributed by atoms with Gasteiger partial charge in [0.15, 0.2) is 11.9 Å². The van der Waals surface area contributed by atoms with Gasteiger partial charge in [-0.2, -0.15) is 0 Å². The maximum atomic E-state index is 12.8. The minimum absolute atomic E-state index is 0.0144. The van der Waals surface area contributed by atoms with Crippen LogP contribution in [0.1, 0.15) is 64.9 Å². The Morgan fingerprint density at radius 2 is 1.84 bits per heavy atom. The Hall–Kier alpha value is -2.53. The number of hydrogen-bond donors (Lipinski definition) is 2. The lowest BCUT2D eigenvalue weighted by Gasteiger charge is -2.59. The second kappa shape index (κ2) is 10.6. The molecule has 38 heavy (non-hydrogen) atoms. The van der Waals surface area contributed by atoms with E-state index in [4.69, 9.17) is 24.0 Å². The van der Waals surface area contributed by atoms with Crippen molar-refractivity contribution in [3.05, 3.63) is 35.9 Å². The van der Waals surface area contributed by atoms with Crippen LogP contribution in [0.25, 0.3) is 0 Å². The van der Waals surface area contributed by atoms with Gasteiger partial charge in [0.2, 0.25) is 18.0 Å². The summed E-state index contributed by atoms with van der Waals surface area (Å²) < 4.78 is 18.2. The molecule has 2 bridgehead atoms. The number of amides is 1. The van der Waals surface area contributed by atoms with E-state index in [0.29, 0.717) is 12.3 Å². The number of nitrogens with one attached hydrogen (secondary N) is 1. The number of aliphatic carboxylic acids is 1. The fraction of sp³-hybridized carbons (Fsp3) is 0.679. The second-order valence-electron chi connectivity index (χ2n) is 11.4. The van der Waals surface area contributed by atoms with Crippen LogP contribution in [0.15, 0.2) is 30.3 Å². The van der Waals surface area contributed by atoms with Gasteiger partial charge in [0.05, 0.1) is 6.42 Å². The van der Waals surface area contributed by atoms with Crippen molar-refractivity contribution in [3.63, 3.8) is 0 Å². The third-order valence-corrected chi connectivity index (χ3v) is 8.82. The van der Waals surface area contributed by atoms with Crippen molar-refractivity contribution >= 4 is 17.8 Å². The van der Waals surface area contributed by atoms with Gasteiger partial charge in [-0.15, -0.1) is 0 Å². The molecule has 1 spiro atoms. The maximum Gasteiger partial charge on any atom is 0.326 e. The summed E-state index contributed by atoms with van der Waals surface area (Å²) in [7, 11) is 0. The number of esters is 1. The summed E-state index contributed by atoms with van der Waals surface area (Å²) in [5.74, 6) is -2.72. The van der Waals surface area contributed by atoms with Crippen molar-refractivity contribution in [1.82, 2.24) is 5.32 Å². The van der Waals surface area contributed by atoms with Gasteiger partial charge in [0.25, 0.3) is 0 Å². The highest BCUT2D eigenvalue weighted by molar-refractivity contribution is 5.86. The van der Waals surface area contributed by atoms with E-state index in [0.717, 1.165) is 24.8 Å². The normalized spacial score (nSPS) is 38.4. The van der Waals surface area contributed by atoms with E-state index in [1.165, 1.54) is 0 Å². The molecule has 4 saturated heterocycles. The van der Waals surface area contributed by atoms with Crippen LogP contribution in [0.5, 0.6) is 0 Å². The molecule has 10 nitrogen and oxygen atoms in total. The molecule has 1 aromatic carbocycles. The molecular formula is C28H37NO9. The zero-order chi connectivity index (χ0) is 27.1. The highest BCUT2D eigenvalue weighted by Crippen LogP contribution is 2.60. The third kappa shape index (κ3) is 5.06. The fourth-order valence-corrected chi connectivity index (χ4v) is 6.73.